The Hall–Kier alpha value is -2.89. The number of sulfonamides is 1. The number of esters is 1. The molecule has 2 aliphatic heterocycles. The molecule has 2 aromatic rings. The quantitative estimate of drug-likeness (QED) is 0.343. The zero-order chi connectivity index (χ0) is 24.7. The zero-order valence-corrected chi connectivity index (χ0v) is 19.2. The summed E-state index contributed by atoms with van der Waals surface area (Å²) in [4.78, 5) is 14.3. The summed E-state index contributed by atoms with van der Waals surface area (Å²) in [5.74, 6) is -1.11. The number of nitrogens with zero attached hydrogens (tertiary/aromatic N) is 1. The van der Waals surface area contributed by atoms with Crippen LogP contribution in [-0.4, -0.2) is 60.0 Å². The van der Waals surface area contributed by atoms with Crippen molar-refractivity contribution in [1.82, 2.24) is 4.72 Å². The number of anilines is 1. The maximum atomic E-state index is 13.3. The van der Waals surface area contributed by atoms with E-state index >= 15 is 0 Å². The van der Waals surface area contributed by atoms with Gasteiger partial charge in [0.05, 0.1) is 22.6 Å². The Labute approximate surface area is 194 Å². The number of hydrogen-bond acceptors (Lipinski definition) is 6. The van der Waals surface area contributed by atoms with Crippen molar-refractivity contribution in [2.45, 2.75) is 29.7 Å². The molecule has 0 amide bonds. The van der Waals surface area contributed by atoms with Crippen molar-refractivity contribution in [3.8, 4) is 0 Å². The normalized spacial score (nSPS) is 19.8. The maximum absolute atomic E-state index is 13.3. The molecule has 0 radical (unpaired) electrons. The third-order valence-corrected chi connectivity index (χ3v) is 7.13. The molecule has 0 aliphatic carbocycles. The van der Waals surface area contributed by atoms with Crippen molar-refractivity contribution in [2.75, 3.05) is 32.1 Å². The fourth-order valence-electron chi connectivity index (χ4n) is 4.11. The maximum Gasteiger partial charge on any atom is 0.416 e. The summed E-state index contributed by atoms with van der Waals surface area (Å²) in [7, 11) is -0.150. The Morgan fingerprint density at radius 2 is 1.76 bits per heavy atom. The fourth-order valence-corrected chi connectivity index (χ4v) is 5.41. The van der Waals surface area contributed by atoms with Gasteiger partial charge in [0.2, 0.25) is 10.0 Å². The van der Waals surface area contributed by atoms with Crippen LogP contribution in [0.2, 0.25) is 0 Å². The van der Waals surface area contributed by atoms with E-state index in [1.54, 1.807) is 18.2 Å². The van der Waals surface area contributed by atoms with Gasteiger partial charge in [-0.1, -0.05) is 36.4 Å². The van der Waals surface area contributed by atoms with Gasteiger partial charge in [-0.05, 0) is 18.6 Å². The predicted octanol–water partition coefficient (Wildman–Crippen LogP) is 3.31. The molecule has 2 aliphatic rings. The summed E-state index contributed by atoms with van der Waals surface area (Å²) in [5.41, 5.74) is -0.722. The van der Waals surface area contributed by atoms with Gasteiger partial charge in [-0.15, -0.1) is 0 Å². The molecule has 7 nitrogen and oxygen atoms in total. The van der Waals surface area contributed by atoms with Crippen molar-refractivity contribution in [2.24, 2.45) is 0 Å². The van der Waals surface area contributed by atoms with Crippen LogP contribution in [0, 0.1) is 0 Å². The molecular formula is C23H23F3N2O5S. The highest BCUT2D eigenvalue weighted by Crippen LogP contribution is 2.43. The van der Waals surface area contributed by atoms with Gasteiger partial charge in [0.25, 0.3) is 0 Å². The summed E-state index contributed by atoms with van der Waals surface area (Å²) in [6.45, 7) is -0.315. The molecule has 0 spiro atoms. The summed E-state index contributed by atoms with van der Waals surface area (Å²) in [6, 6.07) is 10.4. The number of alkyl halides is 3. The number of halogens is 3. The number of ether oxygens (including phenoxy) is 2. The Bertz CT molecular complexity index is 1290. The van der Waals surface area contributed by atoms with Crippen LogP contribution in [-0.2, 0) is 24.3 Å². The van der Waals surface area contributed by atoms with E-state index in [9.17, 15) is 26.4 Å². The Kier molecular flexibility index (Phi) is 6.45. The molecule has 2 unspecified atom stereocenters. The van der Waals surface area contributed by atoms with Crippen molar-refractivity contribution in [3.05, 3.63) is 59.7 Å². The second-order valence-corrected chi connectivity index (χ2v) is 9.83. The standard InChI is InChI=1S/C23H23F3N2O5S/c1-28(2)16-8-3-7-15-14(16)6-4-9-19(15)34(30,31)27-12-5-13-32-22(29)20-17-10-11-18(33-17)21(20)23(24,25)26/h3-4,6-11,17-18,27H,5,12-13H2,1-2H3. The molecule has 2 atom stereocenters. The molecule has 0 saturated carbocycles. The highest BCUT2D eigenvalue weighted by Gasteiger charge is 2.51. The first kappa shape index (κ1) is 24.2. The first-order chi connectivity index (χ1) is 16.0. The monoisotopic (exact) mass is 496 g/mol. The minimum atomic E-state index is -4.71. The number of carbonyl (C=O) groups excluding carboxylic acids is 1. The number of hydrogen-bond donors (Lipinski definition) is 1. The molecule has 2 bridgehead atoms. The molecule has 0 saturated heterocycles. The van der Waals surface area contributed by atoms with Crippen LogP contribution in [0.15, 0.2) is 64.6 Å². The third-order valence-electron chi connectivity index (χ3n) is 5.62. The zero-order valence-electron chi connectivity index (χ0n) is 18.4. The molecule has 11 heteroatoms. The predicted molar refractivity (Wildman–Crippen MR) is 120 cm³/mol. The van der Waals surface area contributed by atoms with Crippen molar-refractivity contribution >= 4 is 32.5 Å². The number of benzene rings is 2. The van der Waals surface area contributed by atoms with Gasteiger partial charge in [0.15, 0.2) is 0 Å². The van der Waals surface area contributed by atoms with Crippen LogP contribution in [0.5, 0.6) is 0 Å². The van der Waals surface area contributed by atoms with Gasteiger partial charge in [0.1, 0.15) is 12.2 Å². The summed E-state index contributed by atoms with van der Waals surface area (Å²) in [5, 5.41) is 1.34. The number of nitrogens with one attached hydrogen (secondary N) is 1. The largest absolute Gasteiger partial charge is 0.462 e. The average molecular weight is 497 g/mol. The van der Waals surface area contributed by atoms with Crippen LogP contribution in [0.25, 0.3) is 10.8 Å². The highest BCUT2D eigenvalue weighted by atomic mass is 32.2. The second kappa shape index (κ2) is 9.05. The minimum absolute atomic E-state index is 0.0625. The van der Waals surface area contributed by atoms with Gasteiger partial charge in [-0.25, -0.2) is 17.9 Å². The molecule has 34 heavy (non-hydrogen) atoms. The first-order valence-corrected chi connectivity index (χ1v) is 12.0. The lowest BCUT2D eigenvalue weighted by atomic mass is 9.96. The molecule has 2 heterocycles. The van der Waals surface area contributed by atoms with E-state index in [2.05, 4.69) is 4.72 Å². The summed E-state index contributed by atoms with van der Waals surface area (Å²) >= 11 is 0. The van der Waals surface area contributed by atoms with Gasteiger partial charge >= 0.3 is 12.1 Å². The Balaban J connectivity index is 1.38. The van der Waals surface area contributed by atoms with E-state index in [-0.39, 0.29) is 24.5 Å². The summed E-state index contributed by atoms with van der Waals surface area (Å²) < 4.78 is 78.2. The van der Waals surface area contributed by atoms with Crippen molar-refractivity contribution in [3.63, 3.8) is 0 Å². The molecule has 0 fully saturated rings. The minimum Gasteiger partial charge on any atom is -0.462 e. The van der Waals surface area contributed by atoms with Crippen molar-refractivity contribution < 1.29 is 35.9 Å². The highest BCUT2D eigenvalue weighted by molar-refractivity contribution is 7.89. The molecule has 182 valence electrons. The third kappa shape index (κ3) is 4.55. The lowest BCUT2D eigenvalue weighted by Crippen LogP contribution is -2.27. The average Bonchev–Trinajstić information content (AvgIpc) is 3.39. The van der Waals surface area contributed by atoms with Gasteiger partial charge in [-0.2, -0.15) is 13.2 Å². The van der Waals surface area contributed by atoms with Crippen LogP contribution >= 0.6 is 0 Å². The Morgan fingerprint density at radius 1 is 1.09 bits per heavy atom. The van der Waals surface area contributed by atoms with E-state index in [1.165, 1.54) is 18.2 Å². The molecular weight excluding hydrogens is 473 g/mol. The Morgan fingerprint density at radius 3 is 2.47 bits per heavy atom. The van der Waals surface area contributed by atoms with E-state index in [4.69, 9.17) is 9.47 Å². The van der Waals surface area contributed by atoms with E-state index in [0.717, 1.165) is 11.1 Å². The van der Waals surface area contributed by atoms with Crippen LogP contribution in [0.1, 0.15) is 6.42 Å². The van der Waals surface area contributed by atoms with E-state index in [1.807, 2.05) is 31.1 Å². The lowest BCUT2D eigenvalue weighted by Gasteiger charge is -2.17. The lowest BCUT2D eigenvalue weighted by molar-refractivity contribution is -0.140. The first-order valence-electron chi connectivity index (χ1n) is 10.5. The smallest absolute Gasteiger partial charge is 0.416 e. The van der Waals surface area contributed by atoms with Crippen LogP contribution in [0.4, 0.5) is 18.9 Å². The van der Waals surface area contributed by atoms with E-state index in [0.29, 0.717) is 5.39 Å². The summed E-state index contributed by atoms with van der Waals surface area (Å²) in [6.07, 6.45) is -4.36. The van der Waals surface area contributed by atoms with Gasteiger partial charge in [0, 0.05) is 37.1 Å². The number of rotatable bonds is 8. The van der Waals surface area contributed by atoms with Gasteiger partial charge in [-0.3, -0.25) is 0 Å². The molecule has 2 aromatic carbocycles. The molecule has 0 aromatic heterocycles. The molecule has 1 N–H and O–H groups in total. The number of carbonyl (C=O) groups is 1. The van der Waals surface area contributed by atoms with Gasteiger partial charge < -0.3 is 14.4 Å². The fraction of sp³-hybridized carbons (Fsp3) is 0.348. The molecule has 4 rings (SSSR count). The SMILES string of the molecule is CN(C)c1cccc2c(S(=O)(=O)NCCCOC(=O)C3=C(C(F)(F)F)C4C=CC3O4)cccc12. The second-order valence-electron chi connectivity index (χ2n) is 8.10. The number of fused-ring (bicyclic) bond motifs is 3. The van der Waals surface area contributed by atoms with Crippen molar-refractivity contribution in [1.29, 1.82) is 0 Å². The topological polar surface area (TPSA) is 84.9 Å². The van der Waals surface area contributed by atoms with Crippen LogP contribution < -0.4 is 9.62 Å². The van der Waals surface area contributed by atoms with Crippen LogP contribution in [0.3, 0.4) is 0 Å². The van der Waals surface area contributed by atoms with E-state index < -0.39 is 45.5 Å².